The highest BCUT2D eigenvalue weighted by molar-refractivity contribution is 6.24. The normalized spacial score (nSPS) is 15.8. The molecule has 0 radical (unpaired) electrons. The molecule has 1 amide bonds. The van der Waals surface area contributed by atoms with Gasteiger partial charge in [0.25, 0.3) is 5.91 Å². The molecule has 0 heterocycles. The number of terminal acetylenes is 1. The van der Waals surface area contributed by atoms with E-state index < -0.39 is 0 Å². The molecule has 1 saturated carbocycles. The van der Waals surface area contributed by atoms with Crippen LogP contribution in [0.1, 0.15) is 42.5 Å². The van der Waals surface area contributed by atoms with Crippen LogP contribution in [0.4, 0.5) is 0 Å². The third-order valence-corrected chi connectivity index (χ3v) is 4.85. The van der Waals surface area contributed by atoms with Gasteiger partial charge in [-0.15, -0.1) is 18.0 Å². The lowest BCUT2D eigenvalue weighted by Gasteiger charge is -2.31. The topological polar surface area (TPSA) is 56.8 Å². The van der Waals surface area contributed by atoms with Crippen molar-refractivity contribution in [3.63, 3.8) is 0 Å². The van der Waals surface area contributed by atoms with E-state index in [-0.39, 0.29) is 17.4 Å². The number of ether oxygens (including phenoxy) is 3. The number of amides is 1. The lowest BCUT2D eigenvalue weighted by atomic mass is 9.88. The van der Waals surface area contributed by atoms with Crippen LogP contribution in [-0.2, 0) is 0 Å². The highest BCUT2D eigenvalue weighted by Gasteiger charge is 2.30. The third-order valence-electron chi connectivity index (χ3n) is 4.34. The molecule has 1 fully saturated rings. The molecule has 0 saturated heterocycles. The zero-order valence-corrected chi connectivity index (χ0v) is 15.4. The van der Waals surface area contributed by atoms with Crippen LogP contribution in [0.2, 0.25) is 0 Å². The van der Waals surface area contributed by atoms with E-state index in [9.17, 15) is 4.79 Å². The molecule has 0 unspecified atom stereocenters. The van der Waals surface area contributed by atoms with Crippen molar-refractivity contribution in [2.75, 3.05) is 27.4 Å². The van der Waals surface area contributed by atoms with Gasteiger partial charge in [-0.3, -0.25) is 4.79 Å². The zero-order valence-electron chi connectivity index (χ0n) is 14.7. The quantitative estimate of drug-likeness (QED) is 0.594. The van der Waals surface area contributed by atoms with Crippen LogP contribution in [-0.4, -0.2) is 38.2 Å². The van der Waals surface area contributed by atoms with E-state index in [4.69, 9.17) is 32.2 Å². The molecule has 1 aromatic rings. The smallest absolute Gasteiger partial charge is 0.251 e. The lowest BCUT2D eigenvalue weighted by molar-refractivity contribution is 0.0945. The van der Waals surface area contributed by atoms with Gasteiger partial charge in [-0.05, 0) is 25.0 Å². The van der Waals surface area contributed by atoms with Crippen LogP contribution in [0.15, 0.2) is 12.1 Å². The maximum Gasteiger partial charge on any atom is 0.251 e. The van der Waals surface area contributed by atoms with Crippen LogP contribution < -0.4 is 19.5 Å². The van der Waals surface area contributed by atoms with E-state index in [0.717, 1.165) is 25.7 Å². The predicted molar refractivity (Wildman–Crippen MR) is 97.9 cm³/mol. The first-order valence-electron chi connectivity index (χ1n) is 8.32. The van der Waals surface area contributed by atoms with Crippen molar-refractivity contribution in [1.29, 1.82) is 0 Å². The number of benzene rings is 1. The molecule has 0 bridgehead atoms. The molecular formula is C19H24ClNO4. The molecule has 136 valence electrons. The molecule has 5 nitrogen and oxygen atoms in total. The highest BCUT2D eigenvalue weighted by Crippen LogP contribution is 2.39. The molecule has 0 aliphatic heterocycles. The summed E-state index contributed by atoms with van der Waals surface area (Å²) in [6.07, 6.45) is 10.5. The van der Waals surface area contributed by atoms with Crippen molar-refractivity contribution >= 4 is 17.5 Å². The number of carbonyl (C=O) groups excluding carboxylic acids is 1. The fourth-order valence-electron chi connectivity index (χ4n) is 2.97. The Labute approximate surface area is 154 Å². The minimum absolute atomic E-state index is 0.0764. The van der Waals surface area contributed by atoms with E-state index in [0.29, 0.717) is 29.4 Å². The van der Waals surface area contributed by atoms with Crippen molar-refractivity contribution in [1.82, 2.24) is 5.32 Å². The molecule has 0 aromatic heterocycles. The van der Waals surface area contributed by atoms with E-state index >= 15 is 0 Å². The minimum atomic E-state index is -0.349. The number of hydrogen-bond donors (Lipinski definition) is 1. The number of methoxy groups -OCH3 is 2. The fraction of sp³-hybridized carbons (Fsp3) is 0.526. The first-order valence-corrected chi connectivity index (χ1v) is 8.70. The number of carbonyl (C=O) groups is 1. The summed E-state index contributed by atoms with van der Waals surface area (Å²) in [6.45, 7) is 0.514. The van der Waals surface area contributed by atoms with Crippen molar-refractivity contribution in [3.8, 4) is 29.6 Å². The number of rotatable bonds is 7. The van der Waals surface area contributed by atoms with Gasteiger partial charge in [-0.25, -0.2) is 0 Å². The predicted octanol–water partition coefficient (Wildman–Crippen LogP) is 3.39. The maximum atomic E-state index is 12.5. The molecular weight excluding hydrogens is 342 g/mol. The lowest BCUT2D eigenvalue weighted by Crippen LogP contribution is -2.40. The van der Waals surface area contributed by atoms with Crippen LogP contribution in [0.5, 0.6) is 17.2 Å². The highest BCUT2D eigenvalue weighted by atomic mass is 35.5. The van der Waals surface area contributed by atoms with Crippen molar-refractivity contribution in [2.24, 2.45) is 0 Å². The Balaban J connectivity index is 2.14. The van der Waals surface area contributed by atoms with Crippen molar-refractivity contribution in [2.45, 2.75) is 37.0 Å². The largest absolute Gasteiger partial charge is 0.493 e. The first kappa shape index (κ1) is 19.3. The Morgan fingerprint density at radius 1 is 1.24 bits per heavy atom. The average molecular weight is 366 g/mol. The molecule has 0 spiro atoms. The molecule has 2 rings (SSSR count). The Bertz CT molecular complexity index is 622. The zero-order chi connectivity index (χ0) is 18.3. The number of nitrogens with one attached hydrogen (secondary N) is 1. The van der Waals surface area contributed by atoms with Gasteiger partial charge >= 0.3 is 0 Å². The van der Waals surface area contributed by atoms with E-state index in [1.54, 1.807) is 12.1 Å². The number of halogens is 1. The molecule has 1 N–H and O–H groups in total. The van der Waals surface area contributed by atoms with Gasteiger partial charge in [-0.1, -0.05) is 25.2 Å². The molecule has 6 heteroatoms. The summed E-state index contributed by atoms with van der Waals surface area (Å²) in [7, 11) is 2.99. The molecule has 25 heavy (non-hydrogen) atoms. The molecule has 1 aliphatic carbocycles. The fourth-order valence-corrected chi connectivity index (χ4v) is 3.30. The average Bonchev–Trinajstić information content (AvgIpc) is 2.64. The summed E-state index contributed by atoms with van der Waals surface area (Å²) in [4.78, 5) is 12.2. The molecule has 1 aromatic carbocycles. The van der Waals surface area contributed by atoms with Gasteiger partial charge in [0.15, 0.2) is 11.5 Å². The minimum Gasteiger partial charge on any atom is -0.493 e. The Morgan fingerprint density at radius 3 is 2.36 bits per heavy atom. The number of hydrogen-bond acceptors (Lipinski definition) is 4. The summed E-state index contributed by atoms with van der Waals surface area (Å²) in [6, 6.07) is 3.21. The van der Waals surface area contributed by atoms with Gasteiger partial charge < -0.3 is 19.5 Å². The van der Waals surface area contributed by atoms with Crippen LogP contribution in [0.3, 0.4) is 0 Å². The monoisotopic (exact) mass is 365 g/mol. The number of alkyl halides is 1. The summed E-state index contributed by atoms with van der Waals surface area (Å²) >= 11 is 6.60. The Kier molecular flexibility index (Phi) is 6.83. The second-order valence-corrected chi connectivity index (χ2v) is 6.90. The summed E-state index contributed by atoms with van der Waals surface area (Å²) in [5, 5.41) is 2.92. The summed E-state index contributed by atoms with van der Waals surface area (Å²) in [5.41, 5.74) is 0.415. The summed E-state index contributed by atoms with van der Waals surface area (Å²) < 4.78 is 16.1. The van der Waals surface area contributed by atoms with Gasteiger partial charge in [-0.2, -0.15) is 0 Å². The van der Waals surface area contributed by atoms with Crippen molar-refractivity contribution in [3.05, 3.63) is 17.7 Å². The second kappa shape index (κ2) is 8.87. The van der Waals surface area contributed by atoms with Crippen molar-refractivity contribution < 1.29 is 19.0 Å². The maximum absolute atomic E-state index is 12.5. The second-order valence-electron chi connectivity index (χ2n) is 6.10. The first-order chi connectivity index (χ1) is 12.0. The Hall–Kier alpha value is -2.06. The van der Waals surface area contributed by atoms with Gasteiger partial charge in [0.1, 0.15) is 6.61 Å². The Morgan fingerprint density at radius 2 is 1.84 bits per heavy atom. The van der Waals surface area contributed by atoms with E-state index in [1.807, 2.05) is 0 Å². The molecule has 1 aliphatic rings. The van der Waals surface area contributed by atoms with Crippen LogP contribution in [0, 0.1) is 12.3 Å². The van der Waals surface area contributed by atoms with Gasteiger partial charge in [0, 0.05) is 12.1 Å². The molecule has 0 atom stereocenters. The SMILES string of the molecule is C#CCOc1c(OC)cc(C(=O)NCC2(Cl)CCCCC2)cc1OC. The van der Waals surface area contributed by atoms with E-state index in [2.05, 4.69) is 11.2 Å². The van der Waals surface area contributed by atoms with Gasteiger partial charge in [0.05, 0.1) is 19.1 Å². The van der Waals surface area contributed by atoms with E-state index in [1.165, 1.54) is 20.6 Å². The summed E-state index contributed by atoms with van der Waals surface area (Å²) in [5.74, 6) is 3.31. The van der Waals surface area contributed by atoms with Crippen LogP contribution in [0.25, 0.3) is 0 Å². The van der Waals surface area contributed by atoms with Crippen LogP contribution >= 0.6 is 11.6 Å². The standard InChI is InChI=1S/C19H24ClNO4/c1-4-10-25-17-15(23-2)11-14(12-16(17)24-3)18(22)21-13-19(20)8-6-5-7-9-19/h1,11-12H,5-10,13H2,2-3H3,(H,21,22). The van der Waals surface area contributed by atoms with Gasteiger partial charge in [0.2, 0.25) is 5.75 Å². The third kappa shape index (κ3) is 4.96.